The molecule has 108 valence electrons. The van der Waals surface area contributed by atoms with Gasteiger partial charge in [-0.3, -0.25) is 0 Å². The summed E-state index contributed by atoms with van der Waals surface area (Å²) in [5.74, 6) is 0. The lowest BCUT2D eigenvalue weighted by molar-refractivity contribution is 1.74. The Bertz CT molecular complexity index is 1220. The summed E-state index contributed by atoms with van der Waals surface area (Å²) in [6.07, 6.45) is 1.90. The molecule has 5 aromatic rings. The van der Waals surface area contributed by atoms with E-state index in [2.05, 4.69) is 72.6 Å². The first-order valence-electron chi connectivity index (χ1n) is 7.72. The first-order valence-corrected chi connectivity index (χ1v) is 8.60. The molecule has 0 N–H and O–H groups in total. The molecule has 1 aromatic heterocycles. The van der Waals surface area contributed by atoms with Crippen molar-refractivity contribution in [3.05, 3.63) is 78.2 Å². The summed E-state index contributed by atoms with van der Waals surface area (Å²) in [6, 6.07) is 22.4. The summed E-state index contributed by atoms with van der Waals surface area (Å²) in [7, 11) is 0. The minimum atomic E-state index is 1.16. The third-order valence-electron chi connectivity index (χ3n) is 4.67. The average molecular weight is 310 g/mol. The maximum atomic E-state index is 3.87. The number of fused-ring (bicyclic) bond motifs is 6. The van der Waals surface area contributed by atoms with Crippen molar-refractivity contribution in [1.82, 2.24) is 0 Å². The van der Waals surface area contributed by atoms with Gasteiger partial charge in [0.25, 0.3) is 0 Å². The molecule has 0 spiro atoms. The number of benzene rings is 4. The van der Waals surface area contributed by atoms with Crippen LogP contribution < -0.4 is 0 Å². The highest BCUT2D eigenvalue weighted by Crippen LogP contribution is 2.35. The highest BCUT2D eigenvalue weighted by Gasteiger charge is 2.06. The smallest absolute Gasteiger partial charge is 0.0349 e. The molecule has 0 aliphatic rings. The molecule has 0 aliphatic carbocycles. The van der Waals surface area contributed by atoms with Gasteiger partial charge in [-0.1, -0.05) is 43.0 Å². The summed E-state index contributed by atoms with van der Waals surface area (Å²) in [5, 5.41) is 11.4. The van der Waals surface area contributed by atoms with Gasteiger partial charge in [0, 0.05) is 10.1 Å². The topological polar surface area (TPSA) is 0 Å². The number of hydrogen-bond donors (Lipinski definition) is 0. The molecule has 0 saturated carbocycles. The molecule has 1 heteroatoms. The Balaban J connectivity index is 1.95. The Morgan fingerprint density at radius 3 is 2.39 bits per heavy atom. The van der Waals surface area contributed by atoms with Gasteiger partial charge in [0.05, 0.1) is 0 Å². The van der Waals surface area contributed by atoms with Crippen LogP contribution in [-0.2, 0) is 0 Å². The predicted molar refractivity (Wildman–Crippen MR) is 104 cm³/mol. The highest BCUT2D eigenvalue weighted by atomic mass is 32.1. The summed E-state index contributed by atoms with van der Waals surface area (Å²) in [4.78, 5) is 0. The largest absolute Gasteiger partial charge is 0.144 e. The molecule has 0 nitrogen and oxygen atoms in total. The average Bonchev–Trinajstić information content (AvgIpc) is 3.08. The van der Waals surface area contributed by atoms with Crippen LogP contribution in [0.1, 0.15) is 5.56 Å². The molecule has 0 aliphatic heterocycles. The van der Waals surface area contributed by atoms with Gasteiger partial charge in [-0.2, -0.15) is 0 Å². The van der Waals surface area contributed by atoms with E-state index < -0.39 is 0 Å². The predicted octanol–water partition coefficient (Wildman–Crippen LogP) is 7.00. The van der Waals surface area contributed by atoms with Gasteiger partial charge in [-0.25, -0.2) is 0 Å². The molecular weight excluding hydrogens is 296 g/mol. The lowest BCUT2D eigenvalue weighted by Gasteiger charge is -2.08. The van der Waals surface area contributed by atoms with Crippen LogP contribution in [0.3, 0.4) is 0 Å². The molecule has 0 bridgehead atoms. The van der Waals surface area contributed by atoms with Crippen LogP contribution in [0, 0.1) is 0 Å². The Morgan fingerprint density at radius 2 is 1.48 bits per heavy atom. The molecule has 0 amide bonds. The minimum Gasteiger partial charge on any atom is -0.144 e. The van der Waals surface area contributed by atoms with Gasteiger partial charge in [0.2, 0.25) is 0 Å². The number of rotatable bonds is 1. The van der Waals surface area contributed by atoms with Gasteiger partial charge in [0.15, 0.2) is 0 Å². The Hall–Kier alpha value is -2.64. The molecule has 0 radical (unpaired) electrons. The van der Waals surface area contributed by atoms with Gasteiger partial charge in [0.1, 0.15) is 0 Å². The van der Waals surface area contributed by atoms with Gasteiger partial charge in [-0.05, 0) is 73.6 Å². The second kappa shape index (κ2) is 4.68. The molecule has 0 saturated heterocycles. The first kappa shape index (κ1) is 12.9. The van der Waals surface area contributed by atoms with Gasteiger partial charge in [-0.15, -0.1) is 11.3 Å². The van der Waals surface area contributed by atoms with Crippen molar-refractivity contribution in [2.24, 2.45) is 0 Å². The van der Waals surface area contributed by atoms with Crippen molar-refractivity contribution in [3.8, 4) is 0 Å². The van der Waals surface area contributed by atoms with E-state index in [1.54, 1.807) is 11.3 Å². The van der Waals surface area contributed by atoms with Crippen LogP contribution in [0.5, 0.6) is 0 Å². The lowest BCUT2D eigenvalue weighted by atomic mass is 9.96. The summed E-state index contributed by atoms with van der Waals surface area (Å²) in [5.41, 5.74) is 1.16. The third kappa shape index (κ3) is 1.84. The zero-order valence-corrected chi connectivity index (χ0v) is 13.4. The van der Waals surface area contributed by atoms with Crippen LogP contribution in [0.15, 0.2) is 72.6 Å². The SMILES string of the molecule is C=Cc1ccc2cc3c(ccc4c5ccsc5ccc34)cc2c1. The monoisotopic (exact) mass is 310 g/mol. The molecule has 1 heterocycles. The van der Waals surface area contributed by atoms with E-state index in [0.29, 0.717) is 0 Å². The molecule has 4 aromatic carbocycles. The van der Waals surface area contributed by atoms with E-state index in [1.165, 1.54) is 42.4 Å². The normalized spacial score (nSPS) is 11.7. The van der Waals surface area contributed by atoms with E-state index in [0.717, 1.165) is 5.56 Å². The van der Waals surface area contributed by atoms with Crippen molar-refractivity contribution >= 4 is 59.8 Å². The van der Waals surface area contributed by atoms with Crippen LogP contribution >= 0.6 is 11.3 Å². The standard InChI is InChI=1S/C22H14S/c1-2-14-3-4-15-13-21-16(12-17(15)11-14)5-6-18-19(21)7-8-22-20(18)9-10-23-22/h2-13H,1H2. The summed E-state index contributed by atoms with van der Waals surface area (Å²) in [6.45, 7) is 3.87. The molecule has 0 unspecified atom stereocenters. The molecule has 5 rings (SSSR count). The quantitative estimate of drug-likeness (QED) is 0.231. The fourth-order valence-electron chi connectivity index (χ4n) is 3.49. The zero-order chi connectivity index (χ0) is 15.4. The minimum absolute atomic E-state index is 1.16. The van der Waals surface area contributed by atoms with Crippen molar-refractivity contribution in [3.63, 3.8) is 0 Å². The Labute approximate surface area is 138 Å². The van der Waals surface area contributed by atoms with Crippen molar-refractivity contribution in [2.45, 2.75) is 0 Å². The molecular formula is C22H14S. The molecule has 23 heavy (non-hydrogen) atoms. The second-order valence-electron chi connectivity index (χ2n) is 5.94. The maximum absolute atomic E-state index is 3.87. The van der Waals surface area contributed by atoms with Crippen LogP contribution in [0.4, 0.5) is 0 Å². The fourth-order valence-corrected chi connectivity index (χ4v) is 4.29. The van der Waals surface area contributed by atoms with E-state index in [4.69, 9.17) is 0 Å². The maximum Gasteiger partial charge on any atom is 0.0349 e. The lowest BCUT2D eigenvalue weighted by Crippen LogP contribution is -1.81. The summed E-state index contributed by atoms with van der Waals surface area (Å²) >= 11 is 1.80. The van der Waals surface area contributed by atoms with Crippen molar-refractivity contribution in [1.29, 1.82) is 0 Å². The van der Waals surface area contributed by atoms with Crippen LogP contribution in [-0.4, -0.2) is 0 Å². The van der Waals surface area contributed by atoms with E-state index in [1.807, 2.05) is 6.08 Å². The molecule has 0 fully saturated rings. The van der Waals surface area contributed by atoms with Crippen LogP contribution in [0.25, 0.3) is 48.5 Å². The Kier molecular flexibility index (Phi) is 2.61. The van der Waals surface area contributed by atoms with Crippen molar-refractivity contribution < 1.29 is 0 Å². The fraction of sp³-hybridized carbons (Fsp3) is 0. The third-order valence-corrected chi connectivity index (χ3v) is 5.55. The number of hydrogen-bond acceptors (Lipinski definition) is 1. The van der Waals surface area contributed by atoms with E-state index in [-0.39, 0.29) is 0 Å². The molecule has 0 atom stereocenters. The number of thiophene rings is 1. The highest BCUT2D eigenvalue weighted by molar-refractivity contribution is 7.17. The zero-order valence-electron chi connectivity index (χ0n) is 12.5. The first-order chi connectivity index (χ1) is 11.3. The van der Waals surface area contributed by atoms with Gasteiger partial charge < -0.3 is 0 Å². The van der Waals surface area contributed by atoms with Crippen LogP contribution in [0.2, 0.25) is 0 Å². The van der Waals surface area contributed by atoms with E-state index in [9.17, 15) is 0 Å². The second-order valence-corrected chi connectivity index (χ2v) is 6.89. The van der Waals surface area contributed by atoms with Crippen molar-refractivity contribution in [2.75, 3.05) is 0 Å². The van der Waals surface area contributed by atoms with E-state index >= 15 is 0 Å². The summed E-state index contributed by atoms with van der Waals surface area (Å²) < 4.78 is 1.35. The Morgan fingerprint density at radius 1 is 0.652 bits per heavy atom. The van der Waals surface area contributed by atoms with Gasteiger partial charge >= 0.3 is 0 Å².